The number of amides is 2. The van der Waals surface area contributed by atoms with E-state index in [1.807, 2.05) is 40.6 Å². The second-order valence-corrected chi connectivity index (χ2v) is 6.83. The number of likely N-dealkylation sites (tertiary alicyclic amines) is 1. The number of rotatable bonds is 6. The smallest absolute Gasteiger partial charge is 0.225 e. The second kappa shape index (κ2) is 7.42. The molecule has 1 saturated heterocycles. The summed E-state index contributed by atoms with van der Waals surface area (Å²) in [5.41, 5.74) is 1.23. The molecule has 1 aromatic heterocycles. The highest BCUT2D eigenvalue weighted by Gasteiger charge is 2.30. The predicted molar refractivity (Wildman–Crippen MR) is 91.3 cm³/mol. The van der Waals surface area contributed by atoms with Gasteiger partial charge < -0.3 is 10.2 Å². The number of hydrogen-bond acceptors (Lipinski definition) is 3. The van der Waals surface area contributed by atoms with Crippen molar-refractivity contribution in [3.63, 3.8) is 0 Å². The fraction of sp³-hybridized carbons (Fsp3) is 0.333. The summed E-state index contributed by atoms with van der Waals surface area (Å²) in [7, 11) is 0. The zero-order chi connectivity index (χ0) is 16.1. The van der Waals surface area contributed by atoms with Crippen molar-refractivity contribution in [1.82, 2.24) is 10.2 Å². The maximum absolute atomic E-state index is 12.1. The lowest BCUT2D eigenvalue weighted by Gasteiger charge is -2.17. The van der Waals surface area contributed by atoms with E-state index in [4.69, 9.17) is 0 Å². The number of carbonyl (C=O) groups is 2. The lowest BCUT2D eigenvalue weighted by molar-refractivity contribution is -0.127. The minimum Gasteiger partial charge on any atom is -0.351 e. The van der Waals surface area contributed by atoms with Gasteiger partial charge in [0.1, 0.15) is 0 Å². The van der Waals surface area contributed by atoms with Crippen molar-refractivity contribution >= 4 is 23.2 Å². The number of nitrogens with one attached hydrogen (secondary N) is 1. The standard InChI is InChI=1S/C18H20N2O2S/c21-17(12-16-7-4-10-23-16)19-15-11-18(22)20(13-15)9-8-14-5-2-1-3-6-14/h1-7,10,15H,8-9,11-13H2,(H,19,21). The van der Waals surface area contributed by atoms with Crippen LogP contribution in [0.1, 0.15) is 16.9 Å². The molecule has 120 valence electrons. The summed E-state index contributed by atoms with van der Waals surface area (Å²) in [5, 5.41) is 4.95. The molecule has 2 aromatic rings. The second-order valence-electron chi connectivity index (χ2n) is 5.80. The Balaban J connectivity index is 1.46. The maximum atomic E-state index is 12.1. The first-order chi connectivity index (χ1) is 11.2. The number of benzene rings is 1. The van der Waals surface area contributed by atoms with Gasteiger partial charge in [-0.1, -0.05) is 36.4 Å². The van der Waals surface area contributed by atoms with E-state index >= 15 is 0 Å². The molecular weight excluding hydrogens is 308 g/mol. The molecule has 0 aliphatic carbocycles. The molecule has 1 aromatic carbocycles. The van der Waals surface area contributed by atoms with Gasteiger partial charge in [-0.2, -0.15) is 0 Å². The predicted octanol–water partition coefficient (Wildman–Crippen LogP) is 2.25. The Morgan fingerprint density at radius 1 is 1.22 bits per heavy atom. The molecule has 1 aliphatic heterocycles. The van der Waals surface area contributed by atoms with Crippen molar-refractivity contribution in [2.75, 3.05) is 13.1 Å². The highest BCUT2D eigenvalue weighted by Crippen LogP contribution is 2.14. The molecule has 1 atom stereocenters. The molecule has 0 bridgehead atoms. The fourth-order valence-corrected chi connectivity index (χ4v) is 3.55. The van der Waals surface area contributed by atoms with Crippen molar-refractivity contribution < 1.29 is 9.59 Å². The zero-order valence-corrected chi connectivity index (χ0v) is 13.7. The van der Waals surface area contributed by atoms with Crippen LogP contribution in [0, 0.1) is 0 Å². The van der Waals surface area contributed by atoms with Crippen LogP contribution in [0.25, 0.3) is 0 Å². The van der Waals surface area contributed by atoms with Crippen molar-refractivity contribution in [1.29, 1.82) is 0 Å². The molecule has 5 heteroatoms. The first-order valence-corrected chi connectivity index (χ1v) is 8.72. The summed E-state index contributed by atoms with van der Waals surface area (Å²) in [6.45, 7) is 1.32. The third-order valence-corrected chi connectivity index (χ3v) is 4.88. The average molecular weight is 328 g/mol. The lowest BCUT2D eigenvalue weighted by atomic mass is 10.1. The molecule has 1 aliphatic rings. The molecule has 2 amide bonds. The average Bonchev–Trinajstić information content (AvgIpc) is 3.16. The first-order valence-electron chi connectivity index (χ1n) is 7.84. The Morgan fingerprint density at radius 2 is 2.04 bits per heavy atom. The Labute approximate surface area is 140 Å². The third-order valence-electron chi connectivity index (χ3n) is 4.01. The molecule has 0 saturated carbocycles. The van der Waals surface area contributed by atoms with Crippen LogP contribution in [0.15, 0.2) is 47.8 Å². The molecule has 0 spiro atoms. The minimum absolute atomic E-state index is 0.00448. The van der Waals surface area contributed by atoms with E-state index in [1.165, 1.54) is 5.56 Å². The number of thiophene rings is 1. The largest absolute Gasteiger partial charge is 0.351 e. The van der Waals surface area contributed by atoms with Crippen LogP contribution in [-0.4, -0.2) is 35.8 Å². The quantitative estimate of drug-likeness (QED) is 0.884. The van der Waals surface area contributed by atoms with Gasteiger partial charge in [0.25, 0.3) is 0 Å². The van der Waals surface area contributed by atoms with Gasteiger partial charge in [-0.3, -0.25) is 9.59 Å². The summed E-state index contributed by atoms with van der Waals surface area (Å²) >= 11 is 1.58. The molecule has 0 radical (unpaired) electrons. The summed E-state index contributed by atoms with van der Waals surface area (Å²) < 4.78 is 0. The van der Waals surface area contributed by atoms with Gasteiger partial charge in [-0.25, -0.2) is 0 Å². The molecular formula is C18H20N2O2S. The van der Waals surface area contributed by atoms with Gasteiger partial charge >= 0.3 is 0 Å². The van der Waals surface area contributed by atoms with Gasteiger partial charge in [-0.05, 0) is 23.4 Å². The topological polar surface area (TPSA) is 49.4 Å². The van der Waals surface area contributed by atoms with Crippen molar-refractivity contribution in [2.24, 2.45) is 0 Å². The van der Waals surface area contributed by atoms with Gasteiger partial charge in [0, 0.05) is 24.4 Å². The molecule has 1 unspecified atom stereocenters. The van der Waals surface area contributed by atoms with Gasteiger partial charge in [0.15, 0.2) is 0 Å². The number of hydrogen-bond donors (Lipinski definition) is 1. The van der Waals surface area contributed by atoms with Crippen LogP contribution >= 0.6 is 11.3 Å². The maximum Gasteiger partial charge on any atom is 0.225 e. The zero-order valence-electron chi connectivity index (χ0n) is 12.9. The van der Waals surface area contributed by atoms with Gasteiger partial charge in [-0.15, -0.1) is 11.3 Å². The van der Waals surface area contributed by atoms with E-state index in [0.717, 1.165) is 11.3 Å². The van der Waals surface area contributed by atoms with E-state index < -0.39 is 0 Å². The van der Waals surface area contributed by atoms with Crippen LogP contribution < -0.4 is 5.32 Å². The first kappa shape index (κ1) is 15.7. The lowest BCUT2D eigenvalue weighted by Crippen LogP contribution is -2.38. The van der Waals surface area contributed by atoms with Gasteiger partial charge in [0.2, 0.25) is 11.8 Å². The van der Waals surface area contributed by atoms with E-state index in [2.05, 4.69) is 17.4 Å². The SMILES string of the molecule is O=C(Cc1cccs1)NC1CC(=O)N(CCc2ccccc2)C1. The van der Waals surface area contributed by atoms with Crippen molar-refractivity contribution in [3.8, 4) is 0 Å². The van der Waals surface area contributed by atoms with E-state index in [1.54, 1.807) is 11.3 Å². The third kappa shape index (κ3) is 4.42. The van der Waals surface area contributed by atoms with Crippen molar-refractivity contribution in [2.45, 2.75) is 25.3 Å². The summed E-state index contributed by atoms with van der Waals surface area (Å²) in [5.74, 6) is 0.123. The molecule has 1 fully saturated rings. The fourth-order valence-electron chi connectivity index (χ4n) is 2.84. The highest BCUT2D eigenvalue weighted by molar-refractivity contribution is 7.10. The van der Waals surface area contributed by atoms with Crippen LogP contribution in [0.5, 0.6) is 0 Å². The summed E-state index contributed by atoms with van der Waals surface area (Å²) in [6.07, 6.45) is 1.65. The van der Waals surface area contributed by atoms with Crippen LogP contribution in [-0.2, 0) is 22.4 Å². The molecule has 4 nitrogen and oxygen atoms in total. The Bertz CT molecular complexity index is 655. The Morgan fingerprint density at radius 3 is 2.78 bits per heavy atom. The molecule has 2 heterocycles. The number of nitrogens with zero attached hydrogens (tertiary/aromatic N) is 1. The highest BCUT2D eigenvalue weighted by atomic mass is 32.1. The van der Waals surface area contributed by atoms with Crippen molar-refractivity contribution in [3.05, 3.63) is 58.3 Å². The molecule has 1 N–H and O–H groups in total. The van der Waals surface area contributed by atoms with E-state index in [-0.39, 0.29) is 17.9 Å². The van der Waals surface area contributed by atoms with Gasteiger partial charge in [0.05, 0.1) is 12.5 Å². The molecule has 23 heavy (non-hydrogen) atoms. The minimum atomic E-state index is -0.0641. The summed E-state index contributed by atoms with van der Waals surface area (Å²) in [4.78, 5) is 27.0. The monoisotopic (exact) mass is 328 g/mol. The van der Waals surface area contributed by atoms with E-state index in [9.17, 15) is 9.59 Å². The normalized spacial score (nSPS) is 17.5. The number of carbonyl (C=O) groups excluding carboxylic acids is 2. The van der Waals surface area contributed by atoms with Crippen LogP contribution in [0.3, 0.4) is 0 Å². The van der Waals surface area contributed by atoms with Crippen LogP contribution in [0.4, 0.5) is 0 Å². The molecule has 3 rings (SSSR count). The Hall–Kier alpha value is -2.14. The summed E-state index contributed by atoms with van der Waals surface area (Å²) in [6, 6.07) is 14.0. The van der Waals surface area contributed by atoms with E-state index in [0.29, 0.717) is 25.9 Å². The Kier molecular flexibility index (Phi) is 5.08. The van der Waals surface area contributed by atoms with Crippen LogP contribution in [0.2, 0.25) is 0 Å².